The first-order valence-electron chi connectivity index (χ1n) is 7.77. The van der Waals surface area contributed by atoms with Crippen molar-refractivity contribution in [3.63, 3.8) is 0 Å². The summed E-state index contributed by atoms with van der Waals surface area (Å²) in [5.74, 6) is -1.73. The Labute approximate surface area is 133 Å². The molecular weight excluding hydrogens is 282 g/mol. The maximum Gasteiger partial charge on any atom is 0.330 e. The summed E-state index contributed by atoms with van der Waals surface area (Å²) in [4.78, 5) is 22.4. The summed E-state index contributed by atoms with van der Waals surface area (Å²) in [6.07, 6.45) is 10.2. The number of hydrogen-bond donors (Lipinski definition) is 0. The van der Waals surface area contributed by atoms with Gasteiger partial charge in [-0.3, -0.25) is 0 Å². The van der Waals surface area contributed by atoms with Gasteiger partial charge in [-0.2, -0.15) is 0 Å². The lowest BCUT2D eigenvalue weighted by Gasteiger charge is -2.29. The van der Waals surface area contributed by atoms with Gasteiger partial charge in [0.1, 0.15) is 6.54 Å². The molecule has 0 aliphatic rings. The molecule has 0 heterocycles. The Morgan fingerprint density at radius 3 is 2.41 bits per heavy atom. The van der Waals surface area contributed by atoms with Gasteiger partial charge in [-0.1, -0.05) is 38.0 Å². The van der Waals surface area contributed by atoms with Crippen LogP contribution in [0.5, 0.6) is 0 Å². The number of esters is 1. The van der Waals surface area contributed by atoms with Crippen LogP contribution in [0, 0.1) is 0 Å². The van der Waals surface area contributed by atoms with E-state index in [1.165, 1.54) is 12.5 Å². The number of carbonyl (C=O) groups is 2. The summed E-state index contributed by atoms with van der Waals surface area (Å²) in [7, 11) is 5.73. The van der Waals surface area contributed by atoms with E-state index in [1.807, 2.05) is 27.2 Å². The number of carboxylic acid groups (broad SMARTS) is 1. The summed E-state index contributed by atoms with van der Waals surface area (Å²) < 4.78 is 5.71. The quantitative estimate of drug-likeness (QED) is 0.190. The van der Waals surface area contributed by atoms with E-state index >= 15 is 0 Å². The maximum absolute atomic E-state index is 11.7. The van der Waals surface area contributed by atoms with Crippen molar-refractivity contribution in [1.82, 2.24) is 0 Å². The van der Waals surface area contributed by atoms with Crippen molar-refractivity contribution in [1.29, 1.82) is 0 Å². The third-order valence-electron chi connectivity index (χ3n) is 2.85. The Morgan fingerprint density at radius 2 is 1.86 bits per heavy atom. The van der Waals surface area contributed by atoms with Crippen molar-refractivity contribution in [2.45, 2.75) is 45.1 Å². The zero-order valence-electron chi connectivity index (χ0n) is 14.2. The smallest absolute Gasteiger partial charge is 0.330 e. The zero-order chi connectivity index (χ0) is 17.0. The molecule has 5 heteroatoms. The van der Waals surface area contributed by atoms with Crippen molar-refractivity contribution in [3.05, 3.63) is 24.3 Å². The number of nitrogens with zero attached hydrogens (tertiary/aromatic N) is 1. The monoisotopic (exact) mass is 311 g/mol. The van der Waals surface area contributed by atoms with Crippen molar-refractivity contribution in [2.24, 2.45) is 0 Å². The first-order valence-corrected chi connectivity index (χ1v) is 7.77. The molecule has 0 aromatic rings. The van der Waals surface area contributed by atoms with Crippen LogP contribution in [0.25, 0.3) is 0 Å². The van der Waals surface area contributed by atoms with E-state index in [0.29, 0.717) is 17.4 Å². The molecule has 0 fully saturated rings. The van der Waals surface area contributed by atoms with Gasteiger partial charge in [0.15, 0.2) is 6.10 Å². The molecule has 0 rings (SSSR count). The van der Waals surface area contributed by atoms with Crippen LogP contribution in [0.1, 0.15) is 39.0 Å². The largest absolute Gasteiger partial charge is 0.550 e. The average molecular weight is 311 g/mol. The van der Waals surface area contributed by atoms with Gasteiger partial charge in [-0.25, -0.2) is 4.79 Å². The third-order valence-corrected chi connectivity index (χ3v) is 2.85. The molecule has 22 heavy (non-hydrogen) atoms. The Kier molecular flexibility index (Phi) is 10.2. The lowest BCUT2D eigenvalue weighted by Crippen LogP contribution is -2.45. The molecule has 0 amide bonds. The number of hydrogen-bond acceptors (Lipinski definition) is 4. The topological polar surface area (TPSA) is 66.4 Å². The second-order valence-corrected chi connectivity index (χ2v) is 6.36. The van der Waals surface area contributed by atoms with E-state index < -0.39 is 18.0 Å². The normalized spacial score (nSPS) is 13.6. The van der Waals surface area contributed by atoms with Crippen LogP contribution in [0.15, 0.2) is 24.3 Å². The highest BCUT2D eigenvalue weighted by Crippen LogP contribution is 2.05. The van der Waals surface area contributed by atoms with Crippen LogP contribution in [0.4, 0.5) is 0 Å². The first-order chi connectivity index (χ1) is 10.2. The van der Waals surface area contributed by atoms with E-state index in [2.05, 4.69) is 13.0 Å². The van der Waals surface area contributed by atoms with E-state index in [-0.39, 0.29) is 6.42 Å². The molecule has 0 aliphatic heterocycles. The van der Waals surface area contributed by atoms with E-state index in [4.69, 9.17) is 4.74 Å². The second-order valence-electron chi connectivity index (χ2n) is 6.36. The number of rotatable bonds is 11. The molecule has 5 nitrogen and oxygen atoms in total. The zero-order valence-corrected chi connectivity index (χ0v) is 14.2. The SMILES string of the molecule is CCCC/C=C/C/C=C/C(=O)OC(CC(=O)[O-])C[N+](C)(C)C. The molecule has 0 saturated carbocycles. The van der Waals surface area contributed by atoms with Gasteiger partial charge in [0.25, 0.3) is 0 Å². The molecule has 1 unspecified atom stereocenters. The van der Waals surface area contributed by atoms with Crippen LogP contribution in [-0.2, 0) is 14.3 Å². The fourth-order valence-electron chi connectivity index (χ4n) is 1.92. The molecule has 0 aromatic carbocycles. The number of carboxylic acids is 1. The first kappa shape index (κ1) is 20.4. The fourth-order valence-corrected chi connectivity index (χ4v) is 1.92. The summed E-state index contributed by atoms with van der Waals surface area (Å²) in [6, 6.07) is 0. The number of unbranched alkanes of at least 4 members (excludes halogenated alkanes) is 2. The molecule has 0 aromatic heterocycles. The lowest BCUT2D eigenvalue weighted by molar-refractivity contribution is -0.873. The molecule has 0 aliphatic carbocycles. The Morgan fingerprint density at radius 1 is 1.18 bits per heavy atom. The van der Waals surface area contributed by atoms with Gasteiger partial charge in [-0.15, -0.1) is 0 Å². The fraction of sp³-hybridized carbons (Fsp3) is 0.647. The predicted octanol–water partition coefficient (Wildman–Crippen LogP) is 1.44. The van der Waals surface area contributed by atoms with Crippen LogP contribution in [0.3, 0.4) is 0 Å². The molecule has 0 radical (unpaired) electrons. The van der Waals surface area contributed by atoms with E-state index in [1.54, 1.807) is 6.08 Å². The van der Waals surface area contributed by atoms with Gasteiger partial charge in [0.05, 0.1) is 21.1 Å². The van der Waals surface area contributed by atoms with Crippen LogP contribution in [0.2, 0.25) is 0 Å². The number of allylic oxidation sites excluding steroid dienone is 3. The minimum Gasteiger partial charge on any atom is -0.550 e. The van der Waals surface area contributed by atoms with E-state index in [9.17, 15) is 14.7 Å². The standard InChI is InChI=1S/C17H29NO4/c1-5-6-7-8-9-10-11-12-17(21)22-15(13-16(19)20)14-18(2,3)4/h8-9,11-12,15H,5-7,10,13-14H2,1-4H3/b9-8+,12-11+. The minimum atomic E-state index is -1.21. The molecule has 126 valence electrons. The van der Waals surface area contributed by atoms with Crippen molar-refractivity contribution >= 4 is 11.9 Å². The molecule has 1 atom stereocenters. The molecule has 0 saturated heterocycles. The number of carbonyl (C=O) groups excluding carboxylic acids is 2. The molecule has 0 bridgehead atoms. The third kappa shape index (κ3) is 13.4. The van der Waals surface area contributed by atoms with Gasteiger partial charge < -0.3 is 19.1 Å². The summed E-state index contributed by atoms with van der Waals surface area (Å²) in [6.45, 7) is 2.56. The summed E-state index contributed by atoms with van der Waals surface area (Å²) in [5.41, 5.74) is 0. The van der Waals surface area contributed by atoms with Gasteiger partial charge in [0.2, 0.25) is 0 Å². The minimum absolute atomic E-state index is 0.286. The van der Waals surface area contributed by atoms with Crippen molar-refractivity contribution in [2.75, 3.05) is 27.7 Å². The predicted molar refractivity (Wildman–Crippen MR) is 84.8 cm³/mol. The van der Waals surface area contributed by atoms with Crippen LogP contribution >= 0.6 is 0 Å². The number of quaternary nitrogens is 1. The van der Waals surface area contributed by atoms with Gasteiger partial charge >= 0.3 is 5.97 Å². The van der Waals surface area contributed by atoms with E-state index in [0.717, 1.165) is 12.8 Å². The molecular formula is C17H29NO4. The highest BCUT2D eigenvalue weighted by molar-refractivity contribution is 5.82. The number of ether oxygens (including phenoxy) is 1. The highest BCUT2D eigenvalue weighted by atomic mass is 16.5. The van der Waals surface area contributed by atoms with Crippen molar-refractivity contribution < 1.29 is 23.9 Å². The summed E-state index contributed by atoms with van der Waals surface area (Å²) in [5, 5.41) is 10.7. The van der Waals surface area contributed by atoms with Crippen molar-refractivity contribution in [3.8, 4) is 0 Å². The Bertz CT molecular complexity index is 394. The Balaban J connectivity index is 4.26. The van der Waals surface area contributed by atoms with Gasteiger partial charge in [-0.05, 0) is 12.8 Å². The maximum atomic E-state index is 11.7. The molecule has 0 N–H and O–H groups in total. The summed E-state index contributed by atoms with van der Waals surface area (Å²) >= 11 is 0. The highest BCUT2D eigenvalue weighted by Gasteiger charge is 2.21. The number of likely N-dealkylation sites (N-methyl/N-ethyl adjacent to an activating group) is 1. The van der Waals surface area contributed by atoms with Gasteiger partial charge in [0, 0.05) is 18.5 Å². The van der Waals surface area contributed by atoms with Crippen LogP contribution in [-0.4, -0.2) is 50.2 Å². The number of aliphatic carboxylic acids is 1. The lowest BCUT2D eigenvalue weighted by atomic mass is 10.2. The average Bonchev–Trinajstić information content (AvgIpc) is 2.34. The molecule has 0 spiro atoms. The Hall–Kier alpha value is -1.62. The van der Waals surface area contributed by atoms with Crippen LogP contribution < -0.4 is 5.11 Å². The second kappa shape index (κ2) is 11.0.